The van der Waals surface area contributed by atoms with E-state index < -0.39 is 6.10 Å². The summed E-state index contributed by atoms with van der Waals surface area (Å²) in [7, 11) is 0. The quantitative estimate of drug-likeness (QED) is 0.0261. The van der Waals surface area contributed by atoms with Crippen LogP contribution in [0.2, 0.25) is 0 Å². The third-order valence-electron chi connectivity index (χ3n) is 16.7. The Bertz CT molecular complexity index is 1290. The highest BCUT2D eigenvalue weighted by Crippen LogP contribution is 2.19. The summed E-state index contributed by atoms with van der Waals surface area (Å²) in [6.45, 7) is 6.65. The molecule has 6 heteroatoms. The SMILES string of the molecule is CCC/C=C\CCCCCCCC(=O)OCC(COC(=O)CCCCCCCCCCCCCCCCCCCCCCCCCCCCCCC)OC(=O)CCCCCCCCCCCCC/C=C\CCCCCCCCCC. The number of carbonyl (C=O) groups is 3. The molecule has 0 aromatic rings. The fourth-order valence-corrected chi connectivity index (χ4v) is 11.2. The van der Waals surface area contributed by atoms with E-state index in [9.17, 15) is 14.4 Å². The van der Waals surface area contributed by atoms with Gasteiger partial charge in [-0.15, -0.1) is 0 Å². The number of ether oxygens (including phenoxy) is 3. The van der Waals surface area contributed by atoms with Gasteiger partial charge in [-0.3, -0.25) is 14.4 Å². The molecule has 0 amide bonds. The first-order valence-electron chi connectivity index (χ1n) is 36.3. The average Bonchev–Trinajstić information content (AvgIpc) is 3.46. The first kappa shape index (κ1) is 77.9. The van der Waals surface area contributed by atoms with Gasteiger partial charge in [0.05, 0.1) is 0 Å². The molecule has 6 nitrogen and oxygen atoms in total. The lowest BCUT2D eigenvalue weighted by molar-refractivity contribution is -0.167. The van der Waals surface area contributed by atoms with Gasteiger partial charge in [0.2, 0.25) is 0 Å². The van der Waals surface area contributed by atoms with Gasteiger partial charge in [0, 0.05) is 19.3 Å². The van der Waals surface area contributed by atoms with Gasteiger partial charge in [-0.05, 0) is 64.2 Å². The first-order valence-corrected chi connectivity index (χ1v) is 36.3. The van der Waals surface area contributed by atoms with E-state index in [4.69, 9.17) is 14.2 Å². The van der Waals surface area contributed by atoms with Gasteiger partial charge in [0.1, 0.15) is 13.2 Å². The van der Waals surface area contributed by atoms with Gasteiger partial charge in [0.15, 0.2) is 6.10 Å². The molecule has 1 unspecified atom stereocenters. The molecule has 0 aliphatic heterocycles. The molecule has 0 saturated heterocycles. The Kier molecular flexibility index (Phi) is 67.6. The Morgan fingerprint density at radius 2 is 0.438 bits per heavy atom. The van der Waals surface area contributed by atoms with E-state index >= 15 is 0 Å². The van der Waals surface area contributed by atoms with Crippen LogP contribution >= 0.6 is 0 Å². The lowest BCUT2D eigenvalue weighted by Crippen LogP contribution is -2.30. The zero-order chi connectivity index (χ0) is 57.8. The number of unbranched alkanes of at least 4 members (excludes halogenated alkanes) is 53. The maximum atomic E-state index is 12.9. The van der Waals surface area contributed by atoms with Crippen molar-refractivity contribution >= 4 is 17.9 Å². The number of hydrogen-bond acceptors (Lipinski definition) is 6. The molecule has 472 valence electrons. The Hall–Kier alpha value is -2.11. The lowest BCUT2D eigenvalue weighted by Gasteiger charge is -2.18. The Morgan fingerprint density at radius 3 is 0.675 bits per heavy atom. The summed E-state index contributed by atoms with van der Waals surface area (Å²) in [6, 6.07) is 0. The van der Waals surface area contributed by atoms with Crippen molar-refractivity contribution in [1.29, 1.82) is 0 Å². The van der Waals surface area contributed by atoms with Gasteiger partial charge in [-0.2, -0.15) is 0 Å². The highest BCUT2D eigenvalue weighted by atomic mass is 16.6. The largest absolute Gasteiger partial charge is 0.462 e. The molecular weight excluding hydrogens is 985 g/mol. The van der Waals surface area contributed by atoms with Crippen LogP contribution in [0.5, 0.6) is 0 Å². The molecule has 0 aliphatic rings. The summed E-state index contributed by atoms with van der Waals surface area (Å²) in [6.07, 6.45) is 85.2. The number of rotatable bonds is 68. The van der Waals surface area contributed by atoms with Gasteiger partial charge in [-0.25, -0.2) is 0 Å². The third kappa shape index (κ3) is 66.7. The average molecular weight is 1130 g/mol. The molecule has 0 rings (SSSR count). The molecule has 1 atom stereocenters. The number of esters is 3. The number of allylic oxidation sites excluding steroid dienone is 4. The molecule has 0 aromatic carbocycles. The van der Waals surface area contributed by atoms with Crippen molar-refractivity contribution in [3.63, 3.8) is 0 Å². The van der Waals surface area contributed by atoms with Crippen molar-refractivity contribution in [2.45, 2.75) is 419 Å². The minimum Gasteiger partial charge on any atom is -0.462 e. The molecule has 0 heterocycles. The third-order valence-corrected chi connectivity index (χ3v) is 16.7. The minimum atomic E-state index is -0.772. The second-order valence-corrected chi connectivity index (χ2v) is 24.9. The molecule has 0 radical (unpaired) electrons. The fraction of sp³-hybridized carbons (Fsp3) is 0.905. The molecular formula is C74H140O6. The van der Waals surface area contributed by atoms with E-state index in [1.807, 2.05) is 0 Å². The molecule has 0 aromatic heterocycles. The van der Waals surface area contributed by atoms with Crippen molar-refractivity contribution < 1.29 is 28.6 Å². The van der Waals surface area contributed by atoms with Crippen LogP contribution in [0.4, 0.5) is 0 Å². The fourth-order valence-electron chi connectivity index (χ4n) is 11.2. The van der Waals surface area contributed by atoms with E-state index in [1.54, 1.807) is 0 Å². The van der Waals surface area contributed by atoms with Crippen LogP contribution in [0.1, 0.15) is 412 Å². The Morgan fingerprint density at radius 1 is 0.237 bits per heavy atom. The first-order chi connectivity index (χ1) is 39.5. The summed E-state index contributed by atoms with van der Waals surface area (Å²) in [4.78, 5) is 38.3. The van der Waals surface area contributed by atoms with Crippen molar-refractivity contribution in [2.24, 2.45) is 0 Å². The van der Waals surface area contributed by atoms with E-state index in [2.05, 4.69) is 45.1 Å². The van der Waals surface area contributed by atoms with Crippen molar-refractivity contribution in [1.82, 2.24) is 0 Å². The topological polar surface area (TPSA) is 78.9 Å². The summed E-state index contributed by atoms with van der Waals surface area (Å²) < 4.78 is 17.0. The van der Waals surface area contributed by atoms with Crippen molar-refractivity contribution in [3.05, 3.63) is 24.3 Å². The van der Waals surface area contributed by atoms with E-state index in [0.29, 0.717) is 19.3 Å². The summed E-state index contributed by atoms with van der Waals surface area (Å²) in [5.74, 6) is -0.852. The molecule has 0 saturated carbocycles. The van der Waals surface area contributed by atoms with E-state index in [-0.39, 0.29) is 31.1 Å². The van der Waals surface area contributed by atoms with Crippen LogP contribution in [0.3, 0.4) is 0 Å². The Balaban J connectivity index is 4.09. The van der Waals surface area contributed by atoms with E-state index in [0.717, 1.165) is 70.6 Å². The summed E-state index contributed by atoms with van der Waals surface area (Å²) in [5, 5.41) is 0. The minimum absolute atomic E-state index is 0.0689. The zero-order valence-electron chi connectivity index (χ0n) is 54.4. The maximum Gasteiger partial charge on any atom is 0.306 e. The Labute approximate surface area is 500 Å². The molecule has 0 bridgehead atoms. The predicted octanol–water partition coefficient (Wildman–Crippen LogP) is 25.0. The second kappa shape index (κ2) is 69.4. The van der Waals surface area contributed by atoms with Crippen LogP contribution in [0.25, 0.3) is 0 Å². The molecule has 0 fully saturated rings. The number of carbonyl (C=O) groups excluding carboxylic acids is 3. The zero-order valence-corrected chi connectivity index (χ0v) is 54.4. The molecule has 0 N–H and O–H groups in total. The molecule has 0 spiro atoms. The predicted molar refractivity (Wildman–Crippen MR) is 349 cm³/mol. The van der Waals surface area contributed by atoms with Crippen LogP contribution in [-0.4, -0.2) is 37.2 Å². The standard InChI is InChI=1S/C74H140O6/c1-4-7-10-13-16-19-22-24-26-28-30-32-34-35-36-37-38-39-41-42-44-46-48-50-52-55-58-61-64-67-73(76)79-70-71(69-78-72(75)66-63-60-57-54-21-18-15-12-9-6-3)80-74(77)68-65-62-59-56-53-51-49-47-45-43-40-33-31-29-27-25-23-20-17-14-11-8-5-2/h12,15,29,31,71H,4-11,13-14,16-28,30,32-70H2,1-3H3/b15-12-,31-29-. The highest BCUT2D eigenvalue weighted by molar-refractivity contribution is 5.71. The monoisotopic (exact) mass is 1130 g/mol. The van der Waals surface area contributed by atoms with Gasteiger partial charge in [-0.1, -0.05) is 353 Å². The maximum absolute atomic E-state index is 12.9. The normalized spacial score (nSPS) is 12.1. The van der Waals surface area contributed by atoms with Crippen LogP contribution in [-0.2, 0) is 28.6 Å². The summed E-state index contributed by atoms with van der Waals surface area (Å²) in [5.41, 5.74) is 0. The van der Waals surface area contributed by atoms with Crippen molar-refractivity contribution in [2.75, 3.05) is 13.2 Å². The lowest BCUT2D eigenvalue weighted by atomic mass is 10.0. The second-order valence-electron chi connectivity index (χ2n) is 24.9. The highest BCUT2D eigenvalue weighted by Gasteiger charge is 2.19. The molecule has 0 aliphatic carbocycles. The summed E-state index contributed by atoms with van der Waals surface area (Å²) >= 11 is 0. The van der Waals surface area contributed by atoms with Crippen LogP contribution in [0.15, 0.2) is 24.3 Å². The van der Waals surface area contributed by atoms with Crippen molar-refractivity contribution in [3.8, 4) is 0 Å². The van der Waals surface area contributed by atoms with Gasteiger partial charge < -0.3 is 14.2 Å². The van der Waals surface area contributed by atoms with Crippen LogP contribution < -0.4 is 0 Å². The van der Waals surface area contributed by atoms with Gasteiger partial charge in [0.25, 0.3) is 0 Å². The number of hydrogen-bond donors (Lipinski definition) is 0. The van der Waals surface area contributed by atoms with Gasteiger partial charge >= 0.3 is 17.9 Å². The van der Waals surface area contributed by atoms with Crippen LogP contribution in [0, 0.1) is 0 Å². The molecule has 80 heavy (non-hydrogen) atoms. The smallest absolute Gasteiger partial charge is 0.306 e. The van der Waals surface area contributed by atoms with E-state index in [1.165, 1.54) is 302 Å².